The van der Waals surface area contributed by atoms with E-state index in [0.717, 1.165) is 13.1 Å². The zero-order valence-corrected chi connectivity index (χ0v) is 8.87. The van der Waals surface area contributed by atoms with Crippen LogP contribution in [0, 0.1) is 0 Å². The number of carbonyl (C=O) groups is 1. The van der Waals surface area contributed by atoms with E-state index in [1.54, 1.807) is 0 Å². The largest absolute Gasteiger partial charge is 0.333 e. The number of amides is 2. The van der Waals surface area contributed by atoms with Gasteiger partial charge < -0.3 is 15.1 Å². The molecule has 4 heteroatoms. The fourth-order valence-corrected chi connectivity index (χ4v) is 1.47. The molecule has 1 heterocycles. The highest BCUT2D eigenvalue weighted by Gasteiger charge is 2.32. The van der Waals surface area contributed by atoms with Gasteiger partial charge in [-0.1, -0.05) is 0 Å². The fourth-order valence-electron chi connectivity index (χ4n) is 1.47. The predicted octanol–water partition coefficient (Wildman–Crippen LogP) is 0.350. The van der Waals surface area contributed by atoms with Gasteiger partial charge in [-0.05, 0) is 27.9 Å². The highest BCUT2D eigenvalue weighted by molar-refractivity contribution is 5.77. The molecule has 0 aromatic carbocycles. The minimum Gasteiger partial charge on any atom is -0.333 e. The molecule has 0 saturated carbocycles. The third-order valence-corrected chi connectivity index (χ3v) is 2.62. The number of nitrogens with zero attached hydrogens (tertiary/aromatic N) is 2. The zero-order chi connectivity index (χ0) is 10.0. The second-order valence-electron chi connectivity index (χ2n) is 3.98. The van der Waals surface area contributed by atoms with E-state index in [2.05, 4.69) is 17.1 Å². The summed E-state index contributed by atoms with van der Waals surface area (Å²) in [5.74, 6) is 0. The van der Waals surface area contributed by atoms with Gasteiger partial charge >= 0.3 is 6.03 Å². The van der Waals surface area contributed by atoms with Gasteiger partial charge in [0.25, 0.3) is 0 Å². The second kappa shape index (κ2) is 3.96. The molecular weight excluding hydrogens is 166 g/mol. The normalized spacial score (nSPS) is 28.4. The molecule has 1 aliphatic rings. The maximum Gasteiger partial charge on any atom is 0.318 e. The molecule has 0 aliphatic carbocycles. The summed E-state index contributed by atoms with van der Waals surface area (Å²) in [7, 11) is 4.03. The second-order valence-corrected chi connectivity index (χ2v) is 3.98. The molecule has 2 amide bonds. The number of likely N-dealkylation sites (N-methyl/N-ethyl adjacent to an activating group) is 1. The van der Waals surface area contributed by atoms with Crippen LogP contribution in [0.4, 0.5) is 4.79 Å². The molecule has 0 bridgehead atoms. The Morgan fingerprint density at radius 3 is 2.46 bits per heavy atom. The average Bonchev–Trinajstić information content (AvgIpc) is 2.24. The van der Waals surface area contributed by atoms with Crippen LogP contribution in [-0.4, -0.2) is 55.1 Å². The molecule has 0 radical (unpaired) electrons. The molecule has 1 aliphatic heterocycles. The smallest absolute Gasteiger partial charge is 0.318 e. The molecule has 1 rings (SSSR count). The number of nitrogens with one attached hydrogen (secondary N) is 1. The van der Waals surface area contributed by atoms with E-state index < -0.39 is 0 Å². The minimum atomic E-state index is 0.0712. The van der Waals surface area contributed by atoms with Gasteiger partial charge in [-0.25, -0.2) is 4.79 Å². The van der Waals surface area contributed by atoms with E-state index in [1.807, 2.05) is 25.9 Å². The van der Waals surface area contributed by atoms with Crippen molar-refractivity contribution in [2.75, 3.05) is 27.2 Å². The van der Waals surface area contributed by atoms with Crippen molar-refractivity contribution in [3.8, 4) is 0 Å². The van der Waals surface area contributed by atoms with Crippen molar-refractivity contribution in [1.29, 1.82) is 0 Å². The number of carbonyl (C=O) groups excluding carboxylic acids is 1. The van der Waals surface area contributed by atoms with Gasteiger partial charge in [0.1, 0.15) is 0 Å². The summed E-state index contributed by atoms with van der Waals surface area (Å²) in [5.41, 5.74) is 0. The van der Waals surface area contributed by atoms with E-state index in [4.69, 9.17) is 0 Å². The lowest BCUT2D eigenvalue weighted by Gasteiger charge is -2.23. The van der Waals surface area contributed by atoms with Gasteiger partial charge in [0.2, 0.25) is 0 Å². The van der Waals surface area contributed by atoms with E-state index in [0.29, 0.717) is 6.04 Å². The van der Waals surface area contributed by atoms with Gasteiger partial charge in [-0.15, -0.1) is 0 Å². The predicted molar refractivity (Wildman–Crippen MR) is 52.7 cm³/mol. The third-order valence-electron chi connectivity index (χ3n) is 2.62. The average molecular weight is 185 g/mol. The van der Waals surface area contributed by atoms with Gasteiger partial charge in [0.05, 0.1) is 6.04 Å². The molecule has 0 unspecified atom stereocenters. The maximum atomic E-state index is 11.4. The molecule has 2 atom stereocenters. The standard InChI is InChI=1S/C9H19N3O/c1-7-8(2)12(9(13)10-7)6-5-11(3)4/h7-8H,5-6H2,1-4H3,(H,10,13)/t7-,8+/m1/s1. The lowest BCUT2D eigenvalue weighted by molar-refractivity contribution is 0.198. The Bertz CT molecular complexity index is 193. The molecule has 76 valence electrons. The van der Waals surface area contributed by atoms with Crippen molar-refractivity contribution >= 4 is 6.03 Å². The molecule has 1 N–H and O–H groups in total. The summed E-state index contributed by atoms with van der Waals surface area (Å²) >= 11 is 0. The molecular formula is C9H19N3O. The summed E-state index contributed by atoms with van der Waals surface area (Å²) in [5, 5.41) is 2.91. The monoisotopic (exact) mass is 185 g/mol. The minimum absolute atomic E-state index is 0.0712. The van der Waals surface area contributed by atoms with Crippen LogP contribution in [0.25, 0.3) is 0 Å². The first kappa shape index (κ1) is 10.3. The van der Waals surface area contributed by atoms with E-state index in [-0.39, 0.29) is 12.1 Å². The van der Waals surface area contributed by atoms with Crippen LogP contribution in [0.15, 0.2) is 0 Å². The summed E-state index contributed by atoms with van der Waals surface area (Å²) < 4.78 is 0. The molecule has 0 aromatic rings. The van der Waals surface area contributed by atoms with E-state index >= 15 is 0 Å². The quantitative estimate of drug-likeness (QED) is 0.688. The SMILES string of the molecule is C[C@H]1NC(=O)N(CCN(C)C)[C@H]1C. The van der Waals surface area contributed by atoms with E-state index in [9.17, 15) is 4.79 Å². The Balaban J connectivity index is 2.44. The van der Waals surface area contributed by atoms with Gasteiger partial charge in [0, 0.05) is 19.1 Å². The topological polar surface area (TPSA) is 35.6 Å². The summed E-state index contributed by atoms with van der Waals surface area (Å²) in [6.45, 7) is 5.85. The molecule has 1 fully saturated rings. The van der Waals surface area contributed by atoms with Crippen LogP contribution in [0.5, 0.6) is 0 Å². The van der Waals surface area contributed by atoms with Gasteiger partial charge in [-0.2, -0.15) is 0 Å². The first-order valence-corrected chi connectivity index (χ1v) is 4.74. The van der Waals surface area contributed by atoms with Crippen molar-refractivity contribution in [1.82, 2.24) is 15.1 Å². The Kier molecular flexibility index (Phi) is 3.14. The lowest BCUT2D eigenvalue weighted by Crippen LogP contribution is -2.38. The Morgan fingerprint density at radius 1 is 1.46 bits per heavy atom. The van der Waals surface area contributed by atoms with Crippen LogP contribution < -0.4 is 5.32 Å². The zero-order valence-electron chi connectivity index (χ0n) is 8.87. The van der Waals surface area contributed by atoms with Crippen molar-refractivity contribution in [2.24, 2.45) is 0 Å². The van der Waals surface area contributed by atoms with Gasteiger partial charge in [-0.3, -0.25) is 0 Å². The van der Waals surface area contributed by atoms with Crippen molar-refractivity contribution in [2.45, 2.75) is 25.9 Å². The highest BCUT2D eigenvalue weighted by Crippen LogP contribution is 2.11. The third kappa shape index (κ3) is 2.34. The Labute approximate surface area is 79.9 Å². The molecule has 1 saturated heterocycles. The summed E-state index contributed by atoms with van der Waals surface area (Å²) in [6, 6.07) is 0.656. The summed E-state index contributed by atoms with van der Waals surface area (Å²) in [6.07, 6.45) is 0. The molecule has 0 aromatic heterocycles. The van der Waals surface area contributed by atoms with Gasteiger partial charge in [0.15, 0.2) is 0 Å². The van der Waals surface area contributed by atoms with Crippen LogP contribution in [0.1, 0.15) is 13.8 Å². The van der Waals surface area contributed by atoms with Crippen LogP contribution in [0.3, 0.4) is 0 Å². The van der Waals surface area contributed by atoms with Crippen LogP contribution >= 0.6 is 0 Å². The number of hydrogen-bond donors (Lipinski definition) is 1. The van der Waals surface area contributed by atoms with Crippen LogP contribution in [0.2, 0.25) is 0 Å². The molecule has 0 spiro atoms. The van der Waals surface area contributed by atoms with Crippen molar-refractivity contribution in [3.05, 3.63) is 0 Å². The molecule has 4 nitrogen and oxygen atoms in total. The summed E-state index contributed by atoms with van der Waals surface area (Å²) in [4.78, 5) is 15.4. The fraction of sp³-hybridized carbons (Fsp3) is 0.889. The number of hydrogen-bond acceptors (Lipinski definition) is 2. The lowest BCUT2D eigenvalue weighted by atomic mass is 10.2. The Hall–Kier alpha value is -0.770. The highest BCUT2D eigenvalue weighted by atomic mass is 16.2. The number of rotatable bonds is 3. The van der Waals surface area contributed by atoms with Crippen molar-refractivity contribution < 1.29 is 4.79 Å². The first-order valence-electron chi connectivity index (χ1n) is 4.74. The van der Waals surface area contributed by atoms with Crippen LogP contribution in [-0.2, 0) is 0 Å². The van der Waals surface area contributed by atoms with E-state index in [1.165, 1.54) is 0 Å². The Morgan fingerprint density at radius 2 is 2.08 bits per heavy atom. The first-order chi connectivity index (χ1) is 6.02. The maximum absolute atomic E-state index is 11.4. The number of urea groups is 1. The molecule has 13 heavy (non-hydrogen) atoms. The van der Waals surface area contributed by atoms with Crippen molar-refractivity contribution in [3.63, 3.8) is 0 Å².